The molecule has 3 rings (SSSR count). The molecule has 0 bridgehead atoms. The SMILES string of the molecule is CC(C)(C)C1=C/C(=C/N[C@H]2CCCC[C@H]2N/C=C2/C=C(C(C)(C)C)C=C(C(C)(C)C)C2=O)C(=O)C(C(C)(C)C)=C1.[Co]. The van der Waals surface area contributed by atoms with Crippen LogP contribution in [0.5, 0.6) is 0 Å². The summed E-state index contributed by atoms with van der Waals surface area (Å²) in [5.74, 6) is 0.203. The summed E-state index contributed by atoms with van der Waals surface area (Å²) in [5, 5.41) is 7.25. The Bertz CT molecular complexity index is 1120. The van der Waals surface area contributed by atoms with Gasteiger partial charge in [0.2, 0.25) is 0 Å². The average Bonchev–Trinajstić information content (AvgIpc) is 2.80. The third kappa shape index (κ3) is 8.70. The van der Waals surface area contributed by atoms with E-state index < -0.39 is 0 Å². The Morgan fingerprint density at radius 1 is 0.561 bits per heavy atom. The van der Waals surface area contributed by atoms with E-state index in [0.717, 1.165) is 48.0 Å². The van der Waals surface area contributed by atoms with Gasteiger partial charge in [-0.15, -0.1) is 0 Å². The molecule has 0 aromatic heterocycles. The van der Waals surface area contributed by atoms with E-state index in [0.29, 0.717) is 0 Å². The van der Waals surface area contributed by atoms with Crippen molar-refractivity contribution >= 4 is 11.6 Å². The number of ketones is 2. The van der Waals surface area contributed by atoms with Gasteiger partial charge in [0.15, 0.2) is 11.6 Å². The predicted octanol–water partition coefficient (Wildman–Crippen LogP) is 8.30. The summed E-state index contributed by atoms with van der Waals surface area (Å²) in [7, 11) is 0. The van der Waals surface area contributed by atoms with E-state index in [4.69, 9.17) is 0 Å². The predicted molar refractivity (Wildman–Crippen MR) is 169 cm³/mol. The number of rotatable bonds is 4. The number of carbonyl (C=O) groups excluding carboxylic acids is 2. The first-order valence-corrected chi connectivity index (χ1v) is 15.1. The quantitative estimate of drug-likeness (QED) is 0.317. The molecule has 0 unspecified atom stereocenters. The Labute approximate surface area is 260 Å². The van der Waals surface area contributed by atoms with Gasteiger partial charge in [0.1, 0.15) is 0 Å². The molecule has 0 heterocycles. The van der Waals surface area contributed by atoms with Crippen LogP contribution < -0.4 is 10.6 Å². The van der Waals surface area contributed by atoms with E-state index in [1.54, 1.807) is 0 Å². The van der Waals surface area contributed by atoms with Crippen molar-refractivity contribution in [2.75, 3.05) is 0 Å². The van der Waals surface area contributed by atoms with Crippen LogP contribution in [0.15, 0.2) is 70.1 Å². The van der Waals surface area contributed by atoms with Crippen molar-refractivity contribution in [2.24, 2.45) is 21.7 Å². The molecule has 2 N–H and O–H groups in total. The number of Topliss-reactive ketones (excluding diaryl/α,β-unsaturated/α-hetero) is 2. The van der Waals surface area contributed by atoms with Crippen LogP contribution in [-0.2, 0) is 26.4 Å². The number of allylic oxidation sites excluding steroid dienone is 10. The van der Waals surface area contributed by atoms with Gasteiger partial charge in [-0.05, 0) is 57.8 Å². The fraction of sp³-hybridized carbons (Fsp3) is 0.611. The molecule has 0 saturated heterocycles. The van der Waals surface area contributed by atoms with Crippen LogP contribution in [0.3, 0.4) is 0 Å². The summed E-state index contributed by atoms with van der Waals surface area (Å²) in [6.45, 7) is 25.8. The van der Waals surface area contributed by atoms with Crippen molar-refractivity contribution in [1.29, 1.82) is 0 Å². The van der Waals surface area contributed by atoms with Crippen LogP contribution >= 0.6 is 0 Å². The first-order valence-electron chi connectivity index (χ1n) is 15.1. The van der Waals surface area contributed by atoms with Crippen LogP contribution in [0.1, 0.15) is 109 Å². The maximum atomic E-state index is 13.5. The molecule has 1 saturated carbocycles. The zero-order valence-electron chi connectivity index (χ0n) is 27.6. The van der Waals surface area contributed by atoms with Crippen molar-refractivity contribution in [1.82, 2.24) is 10.6 Å². The summed E-state index contributed by atoms with van der Waals surface area (Å²) >= 11 is 0. The second kappa shape index (κ2) is 12.6. The van der Waals surface area contributed by atoms with Gasteiger partial charge in [-0.3, -0.25) is 9.59 Å². The van der Waals surface area contributed by atoms with E-state index in [2.05, 4.69) is 118 Å². The van der Waals surface area contributed by atoms with E-state index in [9.17, 15) is 9.59 Å². The van der Waals surface area contributed by atoms with Crippen LogP contribution in [0.4, 0.5) is 0 Å². The van der Waals surface area contributed by atoms with Crippen LogP contribution in [-0.4, -0.2) is 23.7 Å². The van der Waals surface area contributed by atoms with Gasteiger partial charge < -0.3 is 10.6 Å². The molecule has 2 atom stereocenters. The molecule has 1 fully saturated rings. The Kier molecular flexibility index (Phi) is 10.8. The molecule has 5 heteroatoms. The number of hydrogen-bond acceptors (Lipinski definition) is 4. The van der Waals surface area contributed by atoms with Gasteiger partial charge in [0.05, 0.1) is 0 Å². The van der Waals surface area contributed by atoms with Gasteiger partial charge in [-0.1, -0.05) is 108 Å². The molecule has 0 aromatic rings. The van der Waals surface area contributed by atoms with Crippen LogP contribution in [0.25, 0.3) is 0 Å². The van der Waals surface area contributed by atoms with E-state index in [1.165, 1.54) is 11.1 Å². The number of carbonyl (C=O) groups is 2. The van der Waals surface area contributed by atoms with E-state index in [1.807, 2.05) is 12.4 Å². The molecule has 0 aromatic carbocycles. The summed E-state index contributed by atoms with van der Waals surface area (Å²) < 4.78 is 0. The van der Waals surface area contributed by atoms with Crippen molar-refractivity contribution in [3.05, 3.63) is 70.1 Å². The van der Waals surface area contributed by atoms with Crippen molar-refractivity contribution in [3.63, 3.8) is 0 Å². The van der Waals surface area contributed by atoms with Crippen molar-refractivity contribution in [2.45, 2.75) is 121 Å². The molecule has 1 radical (unpaired) electrons. The van der Waals surface area contributed by atoms with Gasteiger partial charge in [0.25, 0.3) is 0 Å². The monoisotopic (exact) mass is 605 g/mol. The summed E-state index contributed by atoms with van der Waals surface area (Å²) in [5.41, 5.74) is 4.95. The first-order chi connectivity index (χ1) is 18.2. The Hall–Kier alpha value is -2.11. The maximum absolute atomic E-state index is 13.5. The van der Waals surface area contributed by atoms with Crippen LogP contribution in [0, 0.1) is 21.7 Å². The Morgan fingerprint density at radius 3 is 1.15 bits per heavy atom. The van der Waals surface area contributed by atoms with Gasteiger partial charge in [-0.25, -0.2) is 0 Å². The third-order valence-electron chi connectivity index (χ3n) is 8.26. The number of nitrogens with one attached hydrogen (secondary N) is 2. The normalized spacial score (nSPS) is 24.8. The minimum absolute atomic E-state index is 0. The zero-order chi connectivity index (χ0) is 30.3. The molecular weight excluding hydrogens is 551 g/mol. The maximum Gasteiger partial charge on any atom is 0.191 e. The Balaban J connectivity index is 0.00000588. The minimum Gasteiger partial charge on any atom is -0.386 e. The minimum atomic E-state index is -0.228. The second-order valence-electron chi connectivity index (χ2n) is 16.0. The smallest absolute Gasteiger partial charge is 0.191 e. The zero-order valence-corrected chi connectivity index (χ0v) is 28.6. The van der Waals surface area contributed by atoms with Gasteiger partial charge in [0, 0.05) is 63.6 Å². The van der Waals surface area contributed by atoms with Crippen molar-refractivity contribution < 1.29 is 26.4 Å². The molecule has 3 aliphatic carbocycles. The molecular formula is C36H54CoN2O2. The Morgan fingerprint density at radius 2 is 0.878 bits per heavy atom. The molecule has 3 aliphatic rings. The molecule has 4 nitrogen and oxygen atoms in total. The van der Waals surface area contributed by atoms with Gasteiger partial charge in [-0.2, -0.15) is 0 Å². The number of hydrogen-bond donors (Lipinski definition) is 2. The topological polar surface area (TPSA) is 58.2 Å². The molecule has 0 amide bonds. The van der Waals surface area contributed by atoms with Gasteiger partial charge >= 0.3 is 0 Å². The summed E-state index contributed by atoms with van der Waals surface area (Å²) in [6, 6.07) is 0.340. The molecule has 0 aliphatic heterocycles. The average molecular weight is 606 g/mol. The third-order valence-corrected chi connectivity index (χ3v) is 8.26. The first kappa shape index (κ1) is 35.1. The molecule has 229 valence electrons. The fourth-order valence-electron chi connectivity index (χ4n) is 5.42. The van der Waals surface area contributed by atoms with E-state index >= 15 is 0 Å². The fourth-order valence-corrected chi connectivity index (χ4v) is 5.42. The largest absolute Gasteiger partial charge is 0.386 e. The summed E-state index contributed by atoms with van der Waals surface area (Å²) in [6.07, 6.45) is 16.5. The standard InChI is InChI=1S/C36H54N2O2.Co/c1-33(2,3)25-17-23(31(39)27(19-25)35(7,8)9)21-37-29-15-13-14-16-30(29)38-22-24-18-26(34(4,5)6)20-28(32(24)40)36(10,11)12;/h17-22,29-30,37-38H,13-16H2,1-12H3;/b23-21-,24-22-;/t29-,30+;. The van der Waals surface area contributed by atoms with Crippen molar-refractivity contribution in [3.8, 4) is 0 Å². The summed E-state index contributed by atoms with van der Waals surface area (Å²) in [4.78, 5) is 27.0. The van der Waals surface area contributed by atoms with E-state index in [-0.39, 0.29) is 62.1 Å². The van der Waals surface area contributed by atoms with Crippen LogP contribution in [0.2, 0.25) is 0 Å². The molecule has 41 heavy (non-hydrogen) atoms. The molecule has 0 spiro atoms. The second-order valence-corrected chi connectivity index (χ2v) is 16.0.